The molecule has 5 heteroatoms. The second kappa shape index (κ2) is 10.6. The van der Waals surface area contributed by atoms with Crippen molar-refractivity contribution in [2.24, 2.45) is 5.92 Å². The fourth-order valence-corrected chi connectivity index (χ4v) is 2.82. The van der Waals surface area contributed by atoms with Crippen molar-refractivity contribution < 1.29 is 9.47 Å². The first kappa shape index (κ1) is 19.9. The monoisotopic (exact) mass is 347 g/mol. The SMILES string of the molecule is CCCCCCCCCCn1cc(C#CC2COC(C)(C)OC2)nn1. The summed E-state index contributed by atoms with van der Waals surface area (Å²) in [5, 5.41) is 8.30. The summed E-state index contributed by atoms with van der Waals surface area (Å²) >= 11 is 0. The summed E-state index contributed by atoms with van der Waals surface area (Å²) in [7, 11) is 0. The van der Waals surface area contributed by atoms with Gasteiger partial charge in [-0.25, -0.2) is 0 Å². The number of hydrogen-bond donors (Lipinski definition) is 0. The van der Waals surface area contributed by atoms with Crippen LogP contribution in [0.2, 0.25) is 0 Å². The number of unbranched alkanes of at least 4 members (excludes halogenated alkanes) is 7. The van der Waals surface area contributed by atoms with E-state index in [0.29, 0.717) is 13.2 Å². The molecule has 0 aromatic carbocycles. The van der Waals surface area contributed by atoms with Crippen molar-refractivity contribution in [3.8, 4) is 11.8 Å². The van der Waals surface area contributed by atoms with Gasteiger partial charge in [-0.15, -0.1) is 5.10 Å². The van der Waals surface area contributed by atoms with Crippen LogP contribution in [0.1, 0.15) is 77.8 Å². The van der Waals surface area contributed by atoms with Gasteiger partial charge in [-0.1, -0.05) is 63.0 Å². The smallest absolute Gasteiger partial charge is 0.162 e. The van der Waals surface area contributed by atoms with E-state index < -0.39 is 5.79 Å². The summed E-state index contributed by atoms with van der Waals surface area (Å²) in [4.78, 5) is 0. The predicted octanol–water partition coefficient (Wildman–Crippen LogP) is 4.17. The van der Waals surface area contributed by atoms with Crippen LogP contribution >= 0.6 is 0 Å². The molecule has 0 atom stereocenters. The molecule has 140 valence electrons. The second-order valence-electron chi connectivity index (χ2n) is 7.33. The Bertz CT molecular complexity index is 547. The molecule has 1 aromatic rings. The molecule has 1 saturated heterocycles. The molecule has 0 spiro atoms. The third-order valence-corrected chi connectivity index (χ3v) is 4.45. The molecule has 2 heterocycles. The van der Waals surface area contributed by atoms with Crippen LogP contribution in [0.4, 0.5) is 0 Å². The molecule has 0 N–H and O–H groups in total. The maximum atomic E-state index is 5.61. The maximum Gasteiger partial charge on any atom is 0.162 e. The fraction of sp³-hybridized carbons (Fsp3) is 0.800. The Balaban J connectivity index is 1.61. The van der Waals surface area contributed by atoms with Crippen LogP contribution in [0.3, 0.4) is 0 Å². The number of aromatic nitrogens is 3. The minimum absolute atomic E-state index is 0.103. The molecule has 0 bridgehead atoms. The van der Waals surface area contributed by atoms with Crippen molar-refractivity contribution in [2.75, 3.05) is 13.2 Å². The number of ether oxygens (including phenoxy) is 2. The summed E-state index contributed by atoms with van der Waals surface area (Å²) in [5.41, 5.74) is 0.726. The van der Waals surface area contributed by atoms with Crippen LogP contribution in [-0.4, -0.2) is 34.0 Å². The molecule has 5 nitrogen and oxygen atoms in total. The van der Waals surface area contributed by atoms with Crippen LogP contribution in [-0.2, 0) is 16.0 Å². The number of aryl methyl sites for hydroxylation is 1. The van der Waals surface area contributed by atoms with Crippen LogP contribution in [0.25, 0.3) is 0 Å². The quantitative estimate of drug-likeness (QED) is 0.497. The van der Waals surface area contributed by atoms with E-state index in [1.165, 1.54) is 44.9 Å². The summed E-state index contributed by atoms with van der Waals surface area (Å²) in [5.74, 6) is 5.88. The lowest BCUT2D eigenvalue weighted by Crippen LogP contribution is -2.38. The van der Waals surface area contributed by atoms with E-state index in [0.717, 1.165) is 18.7 Å². The molecule has 0 unspecified atom stereocenters. The third kappa shape index (κ3) is 8.02. The molecular formula is C20H33N3O2. The molecule has 2 rings (SSSR count). The van der Waals surface area contributed by atoms with Crippen LogP contribution in [0.15, 0.2) is 6.20 Å². The Morgan fingerprint density at radius 1 is 1.08 bits per heavy atom. The molecule has 1 aliphatic rings. The normalized spacial score (nSPS) is 17.2. The first-order chi connectivity index (χ1) is 12.1. The molecular weight excluding hydrogens is 314 g/mol. The molecule has 1 aliphatic heterocycles. The van der Waals surface area contributed by atoms with Gasteiger partial charge in [0.25, 0.3) is 0 Å². The highest BCUT2D eigenvalue weighted by Gasteiger charge is 2.27. The Morgan fingerprint density at radius 2 is 1.72 bits per heavy atom. The first-order valence-corrected chi connectivity index (χ1v) is 9.78. The highest BCUT2D eigenvalue weighted by molar-refractivity contribution is 5.25. The van der Waals surface area contributed by atoms with Gasteiger partial charge in [-0.2, -0.15) is 0 Å². The fourth-order valence-electron chi connectivity index (χ4n) is 2.82. The zero-order valence-electron chi connectivity index (χ0n) is 16.1. The topological polar surface area (TPSA) is 49.2 Å². The van der Waals surface area contributed by atoms with E-state index in [-0.39, 0.29) is 5.92 Å². The lowest BCUT2D eigenvalue weighted by molar-refractivity contribution is -0.254. The predicted molar refractivity (Wildman–Crippen MR) is 99.0 cm³/mol. The van der Waals surface area contributed by atoms with E-state index in [2.05, 4.69) is 29.1 Å². The highest BCUT2D eigenvalue weighted by Crippen LogP contribution is 2.19. The van der Waals surface area contributed by atoms with Crippen molar-refractivity contribution in [2.45, 2.75) is 84.5 Å². The number of rotatable bonds is 9. The standard InChI is InChI=1S/C20H33N3O2/c1-4-5-6-7-8-9-10-11-14-23-15-19(21-22-23)13-12-18-16-24-20(2,3)25-17-18/h15,18H,4-11,14,16-17H2,1-3H3. The van der Waals surface area contributed by atoms with Crippen LogP contribution < -0.4 is 0 Å². The number of nitrogens with zero attached hydrogens (tertiary/aromatic N) is 3. The van der Waals surface area contributed by atoms with Gasteiger partial charge >= 0.3 is 0 Å². The zero-order chi connectivity index (χ0) is 18.0. The van der Waals surface area contributed by atoms with Gasteiger partial charge in [-0.3, -0.25) is 4.68 Å². The number of hydrogen-bond acceptors (Lipinski definition) is 4. The minimum atomic E-state index is -0.489. The van der Waals surface area contributed by atoms with Crippen molar-refractivity contribution in [3.63, 3.8) is 0 Å². The third-order valence-electron chi connectivity index (χ3n) is 4.45. The largest absolute Gasteiger partial charge is 0.349 e. The lowest BCUT2D eigenvalue weighted by atomic mass is 10.1. The second-order valence-corrected chi connectivity index (χ2v) is 7.33. The van der Waals surface area contributed by atoms with Crippen molar-refractivity contribution >= 4 is 0 Å². The van der Waals surface area contributed by atoms with Gasteiger partial charge in [0.05, 0.1) is 25.3 Å². The summed E-state index contributed by atoms with van der Waals surface area (Å²) in [6.07, 6.45) is 12.5. The van der Waals surface area contributed by atoms with Crippen LogP contribution in [0.5, 0.6) is 0 Å². The summed E-state index contributed by atoms with van der Waals surface area (Å²) in [6, 6.07) is 0. The Labute approximate surface area is 152 Å². The first-order valence-electron chi connectivity index (χ1n) is 9.78. The molecule has 0 saturated carbocycles. The molecule has 25 heavy (non-hydrogen) atoms. The molecule has 0 radical (unpaired) electrons. The molecule has 1 fully saturated rings. The van der Waals surface area contributed by atoms with E-state index in [9.17, 15) is 0 Å². The highest BCUT2D eigenvalue weighted by atomic mass is 16.7. The van der Waals surface area contributed by atoms with E-state index >= 15 is 0 Å². The van der Waals surface area contributed by atoms with Gasteiger partial charge in [-0.05, 0) is 26.2 Å². The van der Waals surface area contributed by atoms with Gasteiger partial charge in [0.2, 0.25) is 0 Å². The van der Waals surface area contributed by atoms with E-state index in [4.69, 9.17) is 9.47 Å². The van der Waals surface area contributed by atoms with Gasteiger partial charge in [0.15, 0.2) is 11.5 Å². The Kier molecular flexibility index (Phi) is 8.43. The van der Waals surface area contributed by atoms with Gasteiger partial charge < -0.3 is 9.47 Å². The molecule has 0 aliphatic carbocycles. The summed E-state index contributed by atoms with van der Waals surface area (Å²) in [6.45, 7) is 8.24. The van der Waals surface area contributed by atoms with Gasteiger partial charge in [0, 0.05) is 6.54 Å². The van der Waals surface area contributed by atoms with Crippen molar-refractivity contribution in [1.82, 2.24) is 15.0 Å². The maximum absolute atomic E-state index is 5.61. The molecule has 1 aromatic heterocycles. The Hall–Kier alpha value is -1.38. The van der Waals surface area contributed by atoms with Crippen molar-refractivity contribution in [1.29, 1.82) is 0 Å². The Morgan fingerprint density at radius 3 is 2.40 bits per heavy atom. The van der Waals surface area contributed by atoms with Gasteiger partial charge in [0.1, 0.15) is 0 Å². The van der Waals surface area contributed by atoms with Crippen molar-refractivity contribution in [3.05, 3.63) is 11.9 Å². The lowest BCUT2D eigenvalue weighted by Gasteiger charge is -2.32. The summed E-state index contributed by atoms with van der Waals surface area (Å²) < 4.78 is 13.1. The molecule has 0 amide bonds. The zero-order valence-corrected chi connectivity index (χ0v) is 16.1. The van der Waals surface area contributed by atoms with Crippen LogP contribution in [0, 0.1) is 17.8 Å². The van der Waals surface area contributed by atoms with E-state index in [1.807, 2.05) is 24.7 Å². The minimum Gasteiger partial charge on any atom is -0.349 e. The average molecular weight is 348 g/mol. The van der Waals surface area contributed by atoms with E-state index in [1.54, 1.807) is 0 Å². The average Bonchev–Trinajstić information content (AvgIpc) is 3.04.